The summed E-state index contributed by atoms with van der Waals surface area (Å²) < 4.78 is 0. The molecule has 0 aliphatic heterocycles. The predicted octanol–water partition coefficient (Wildman–Crippen LogP) is -0.952. The molecule has 0 bridgehead atoms. The third-order valence-electron chi connectivity index (χ3n) is 1.77. The summed E-state index contributed by atoms with van der Waals surface area (Å²) in [5.41, 5.74) is 6.70. The molecule has 0 saturated carbocycles. The minimum absolute atomic E-state index is 0.404. The van der Waals surface area contributed by atoms with E-state index in [0.717, 1.165) is 5.56 Å². The van der Waals surface area contributed by atoms with Crippen LogP contribution >= 0.6 is 0 Å². The molecule has 0 fully saturated rings. The number of hydrogen-bond acceptors (Lipinski definition) is 6. The largest absolute Gasteiger partial charge is 0.317 e. The van der Waals surface area contributed by atoms with Crippen molar-refractivity contribution in [2.24, 2.45) is 12.8 Å². The first-order chi connectivity index (χ1) is 6.77. The number of tetrazole rings is 1. The Morgan fingerprint density at radius 3 is 2.86 bits per heavy atom. The highest BCUT2D eigenvalue weighted by Crippen LogP contribution is 2.12. The van der Waals surface area contributed by atoms with Gasteiger partial charge in [-0.1, -0.05) is 0 Å². The maximum Gasteiger partial charge on any atom is 0.195 e. The molecule has 14 heavy (non-hydrogen) atoms. The van der Waals surface area contributed by atoms with E-state index in [-0.39, 0.29) is 0 Å². The van der Waals surface area contributed by atoms with Gasteiger partial charge >= 0.3 is 0 Å². The van der Waals surface area contributed by atoms with Gasteiger partial charge in [0.2, 0.25) is 0 Å². The first kappa shape index (κ1) is 8.70. The Morgan fingerprint density at radius 1 is 1.43 bits per heavy atom. The number of aromatic nitrogens is 6. The standard InChI is InChI=1S/C7H9N7/c1-14-12-7(11-13-14)6(8)5-2-3-9-10-4-5/h2-4,6H,8H2,1H3. The zero-order chi connectivity index (χ0) is 9.97. The van der Waals surface area contributed by atoms with Crippen molar-refractivity contribution in [2.75, 3.05) is 0 Å². The van der Waals surface area contributed by atoms with Crippen molar-refractivity contribution in [3.8, 4) is 0 Å². The van der Waals surface area contributed by atoms with Gasteiger partial charge < -0.3 is 5.73 Å². The Morgan fingerprint density at radius 2 is 2.29 bits per heavy atom. The summed E-state index contributed by atoms with van der Waals surface area (Å²) in [4.78, 5) is 1.36. The number of rotatable bonds is 2. The van der Waals surface area contributed by atoms with Crippen molar-refractivity contribution in [2.45, 2.75) is 6.04 Å². The lowest BCUT2D eigenvalue weighted by Crippen LogP contribution is -2.14. The van der Waals surface area contributed by atoms with E-state index in [1.165, 1.54) is 4.80 Å². The van der Waals surface area contributed by atoms with Crippen LogP contribution in [0.2, 0.25) is 0 Å². The van der Waals surface area contributed by atoms with E-state index >= 15 is 0 Å². The SMILES string of the molecule is Cn1nnc(C(N)c2ccnnc2)n1. The molecule has 1 atom stereocenters. The molecule has 2 aromatic heterocycles. The van der Waals surface area contributed by atoms with E-state index in [2.05, 4.69) is 25.6 Å². The van der Waals surface area contributed by atoms with Crippen molar-refractivity contribution >= 4 is 0 Å². The average Bonchev–Trinajstić information content (AvgIpc) is 2.65. The maximum absolute atomic E-state index is 5.88. The molecule has 2 heterocycles. The monoisotopic (exact) mass is 191 g/mol. The van der Waals surface area contributed by atoms with Crippen molar-refractivity contribution in [3.63, 3.8) is 0 Å². The van der Waals surface area contributed by atoms with Crippen molar-refractivity contribution in [3.05, 3.63) is 29.8 Å². The zero-order valence-electron chi connectivity index (χ0n) is 7.57. The van der Waals surface area contributed by atoms with Crippen LogP contribution in [-0.2, 0) is 7.05 Å². The maximum atomic E-state index is 5.88. The topological polar surface area (TPSA) is 95.4 Å². The molecule has 0 radical (unpaired) electrons. The van der Waals surface area contributed by atoms with Gasteiger partial charge in [0.15, 0.2) is 5.82 Å². The van der Waals surface area contributed by atoms with Crippen LogP contribution in [0.3, 0.4) is 0 Å². The van der Waals surface area contributed by atoms with E-state index in [1.54, 1.807) is 25.5 Å². The van der Waals surface area contributed by atoms with E-state index in [9.17, 15) is 0 Å². The molecule has 0 spiro atoms. The molecule has 0 amide bonds. The lowest BCUT2D eigenvalue weighted by molar-refractivity contribution is 0.625. The zero-order valence-corrected chi connectivity index (χ0v) is 7.57. The highest BCUT2D eigenvalue weighted by atomic mass is 15.6. The molecule has 0 aliphatic rings. The Bertz CT molecular complexity index is 409. The third kappa shape index (κ3) is 1.57. The second kappa shape index (κ2) is 3.46. The first-order valence-electron chi connectivity index (χ1n) is 4.03. The van der Waals surface area contributed by atoms with Gasteiger partial charge in [-0.25, -0.2) is 0 Å². The molecule has 2 rings (SSSR count). The van der Waals surface area contributed by atoms with Crippen LogP contribution in [0.15, 0.2) is 18.5 Å². The molecule has 0 saturated heterocycles. The lowest BCUT2D eigenvalue weighted by Gasteiger charge is -2.04. The summed E-state index contributed by atoms with van der Waals surface area (Å²) in [5.74, 6) is 0.473. The minimum Gasteiger partial charge on any atom is -0.317 e. The van der Waals surface area contributed by atoms with Gasteiger partial charge in [-0.3, -0.25) is 0 Å². The summed E-state index contributed by atoms with van der Waals surface area (Å²) in [7, 11) is 1.69. The van der Waals surface area contributed by atoms with Gasteiger partial charge in [-0.05, 0) is 16.8 Å². The average molecular weight is 191 g/mol. The number of hydrogen-bond donors (Lipinski definition) is 1. The molecule has 1 unspecified atom stereocenters. The van der Waals surface area contributed by atoms with Crippen LogP contribution in [-0.4, -0.2) is 30.4 Å². The quantitative estimate of drug-likeness (QED) is 0.657. The Kier molecular flexibility index (Phi) is 2.15. The molecule has 0 aliphatic carbocycles. The summed E-state index contributed by atoms with van der Waals surface area (Å²) in [5, 5.41) is 18.9. The summed E-state index contributed by atoms with van der Waals surface area (Å²) in [6, 6.07) is 1.37. The van der Waals surface area contributed by atoms with Crippen LogP contribution in [0.5, 0.6) is 0 Å². The van der Waals surface area contributed by atoms with Crippen LogP contribution in [0.4, 0.5) is 0 Å². The molecule has 2 N–H and O–H groups in total. The van der Waals surface area contributed by atoms with E-state index in [1.807, 2.05) is 0 Å². The minimum atomic E-state index is -0.404. The summed E-state index contributed by atoms with van der Waals surface area (Å²) in [6.45, 7) is 0. The lowest BCUT2D eigenvalue weighted by atomic mass is 10.1. The fraction of sp³-hybridized carbons (Fsp3) is 0.286. The third-order valence-corrected chi connectivity index (χ3v) is 1.77. The highest BCUT2D eigenvalue weighted by molar-refractivity contribution is 5.17. The Labute approximate surface area is 79.9 Å². The van der Waals surface area contributed by atoms with Crippen molar-refractivity contribution in [1.29, 1.82) is 0 Å². The van der Waals surface area contributed by atoms with Gasteiger partial charge in [0.25, 0.3) is 0 Å². The van der Waals surface area contributed by atoms with Gasteiger partial charge in [-0.15, -0.1) is 10.2 Å². The van der Waals surface area contributed by atoms with Crippen LogP contribution in [0.1, 0.15) is 17.4 Å². The summed E-state index contributed by atoms with van der Waals surface area (Å²) in [6.07, 6.45) is 3.16. The van der Waals surface area contributed by atoms with E-state index in [0.29, 0.717) is 5.82 Å². The Hall–Kier alpha value is -1.89. The predicted molar refractivity (Wildman–Crippen MR) is 46.9 cm³/mol. The molecule has 7 nitrogen and oxygen atoms in total. The Balaban J connectivity index is 2.29. The van der Waals surface area contributed by atoms with Crippen LogP contribution in [0, 0.1) is 0 Å². The van der Waals surface area contributed by atoms with Gasteiger partial charge in [0, 0.05) is 6.20 Å². The number of nitrogens with two attached hydrogens (primary N) is 1. The smallest absolute Gasteiger partial charge is 0.195 e. The fourth-order valence-electron chi connectivity index (χ4n) is 1.06. The molecule has 7 heteroatoms. The van der Waals surface area contributed by atoms with Gasteiger partial charge in [0.05, 0.1) is 19.3 Å². The molecule has 72 valence electrons. The van der Waals surface area contributed by atoms with Crippen molar-refractivity contribution < 1.29 is 0 Å². The number of aryl methyl sites for hydroxylation is 1. The van der Waals surface area contributed by atoms with Gasteiger partial charge in [0.1, 0.15) is 0 Å². The molecule has 2 aromatic rings. The molecular weight excluding hydrogens is 182 g/mol. The summed E-state index contributed by atoms with van der Waals surface area (Å²) >= 11 is 0. The normalized spacial score (nSPS) is 12.7. The highest BCUT2D eigenvalue weighted by Gasteiger charge is 2.13. The second-order valence-electron chi connectivity index (χ2n) is 2.79. The fourth-order valence-corrected chi connectivity index (χ4v) is 1.06. The van der Waals surface area contributed by atoms with Crippen LogP contribution < -0.4 is 5.73 Å². The first-order valence-corrected chi connectivity index (χ1v) is 4.03. The molecule has 0 aromatic carbocycles. The van der Waals surface area contributed by atoms with Crippen molar-refractivity contribution in [1.82, 2.24) is 30.4 Å². The van der Waals surface area contributed by atoms with Gasteiger partial charge in [-0.2, -0.15) is 15.0 Å². The van der Waals surface area contributed by atoms with E-state index in [4.69, 9.17) is 5.73 Å². The van der Waals surface area contributed by atoms with E-state index < -0.39 is 6.04 Å². The second-order valence-corrected chi connectivity index (χ2v) is 2.79. The van der Waals surface area contributed by atoms with Crippen LogP contribution in [0.25, 0.3) is 0 Å². The molecular formula is C7H9N7. The number of nitrogens with zero attached hydrogens (tertiary/aromatic N) is 6.